The summed E-state index contributed by atoms with van der Waals surface area (Å²) in [6.07, 6.45) is 3.79. The van der Waals surface area contributed by atoms with E-state index in [1.807, 2.05) is 16.5 Å². The Balaban J connectivity index is 1.52. The molecule has 110 valence electrons. The Kier molecular flexibility index (Phi) is 4.65. The topological polar surface area (TPSA) is 45.7 Å². The van der Waals surface area contributed by atoms with E-state index in [1.165, 1.54) is 0 Å². The molecule has 2 fully saturated rings. The van der Waals surface area contributed by atoms with Gasteiger partial charge in [-0.15, -0.1) is 11.3 Å². The molecule has 0 N–H and O–H groups in total. The molecule has 2 aliphatic rings. The third-order valence-corrected chi connectivity index (χ3v) is 4.79. The van der Waals surface area contributed by atoms with Crippen LogP contribution in [0.15, 0.2) is 11.6 Å². The SMILES string of the molecule is O=C(C1CCOC1)N1CCCN(Cc2nccs2)CC1. The Labute approximate surface area is 123 Å². The van der Waals surface area contributed by atoms with Gasteiger partial charge in [0.05, 0.1) is 19.1 Å². The number of hydrogen-bond donors (Lipinski definition) is 0. The quantitative estimate of drug-likeness (QED) is 0.841. The fourth-order valence-corrected chi connectivity index (χ4v) is 3.52. The maximum atomic E-state index is 12.4. The highest BCUT2D eigenvalue weighted by Crippen LogP contribution is 2.17. The van der Waals surface area contributed by atoms with Crippen LogP contribution in [0.3, 0.4) is 0 Å². The Morgan fingerprint density at radius 2 is 2.35 bits per heavy atom. The third-order valence-electron chi connectivity index (χ3n) is 4.02. The van der Waals surface area contributed by atoms with Crippen LogP contribution in [0.4, 0.5) is 0 Å². The molecule has 20 heavy (non-hydrogen) atoms. The van der Waals surface area contributed by atoms with Crippen molar-refractivity contribution in [3.05, 3.63) is 16.6 Å². The molecule has 1 amide bonds. The highest BCUT2D eigenvalue weighted by atomic mass is 32.1. The van der Waals surface area contributed by atoms with Crippen molar-refractivity contribution in [2.24, 2.45) is 5.92 Å². The van der Waals surface area contributed by atoms with E-state index in [-0.39, 0.29) is 5.92 Å². The van der Waals surface area contributed by atoms with E-state index in [1.54, 1.807) is 11.3 Å². The lowest BCUT2D eigenvalue weighted by atomic mass is 10.1. The Morgan fingerprint density at radius 3 is 3.10 bits per heavy atom. The van der Waals surface area contributed by atoms with E-state index >= 15 is 0 Å². The van der Waals surface area contributed by atoms with Crippen LogP contribution in [0.25, 0.3) is 0 Å². The van der Waals surface area contributed by atoms with E-state index < -0.39 is 0 Å². The molecule has 0 bridgehead atoms. The second-order valence-corrected chi connectivity index (χ2v) is 6.42. The van der Waals surface area contributed by atoms with Crippen LogP contribution in [0, 0.1) is 5.92 Å². The van der Waals surface area contributed by atoms with Gasteiger partial charge in [0, 0.05) is 44.4 Å². The molecule has 0 aliphatic carbocycles. The second kappa shape index (κ2) is 6.65. The van der Waals surface area contributed by atoms with Gasteiger partial charge in [0.25, 0.3) is 0 Å². The summed E-state index contributed by atoms with van der Waals surface area (Å²) < 4.78 is 5.33. The maximum Gasteiger partial charge on any atom is 0.228 e. The monoisotopic (exact) mass is 295 g/mol. The molecule has 1 aromatic heterocycles. The van der Waals surface area contributed by atoms with Gasteiger partial charge in [-0.1, -0.05) is 0 Å². The van der Waals surface area contributed by atoms with E-state index in [2.05, 4.69) is 9.88 Å². The van der Waals surface area contributed by atoms with Gasteiger partial charge >= 0.3 is 0 Å². The third kappa shape index (κ3) is 3.37. The minimum atomic E-state index is 0.0977. The minimum absolute atomic E-state index is 0.0977. The zero-order valence-electron chi connectivity index (χ0n) is 11.7. The predicted octanol–water partition coefficient (Wildman–Crippen LogP) is 1.21. The van der Waals surface area contributed by atoms with Gasteiger partial charge in [0.2, 0.25) is 5.91 Å². The molecular formula is C14H21N3O2S. The van der Waals surface area contributed by atoms with Crippen LogP contribution in [0.2, 0.25) is 0 Å². The van der Waals surface area contributed by atoms with Crippen LogP contribution in [-0.2, 0) is 16.1 Å². The zero-order chi connectivity index (χ0) is 13.8. The first-order chi connectivity index (χ1) is 9.83. The maximum absolute atomic E-state index is 12.4. The van der Waals surface area contributed by atoms with Gasteiger partial charge in [0.1, 0.15) is 5.01 Å². The van der Waals surface area contributed by atoms with Gasteiger partial charge in [-0.3, -0.25) is 9.69 Å². The summed E-state index contributed by atoms with van der Waals surface area (Å²) in [6.45, 7) is 5.96. The number of rotatable bonds is 3. The average Bonchev–Trinajstić information content (AvgIpc) is 3.10. The molecule has 1 atom stereocenters. The second-order valence-electron chi connectivity index (χ2n) is 5.44. The number of ether oxygens (including phenoxy) is 1. The molecule has 3 rings (SSSR count). The normalized spacial score (nSPS) is 24.8. The fourth-order valence-electron chi connectivity index (χ4n) is 2.86. The standard InChI is InChI=1S/C14H21N3O2S/c18-14(12-2-8-19-11-12)17-5-1-4-16(6-7-17)10-13-15-3-9-20-13/h3,9,12H,1-2,4-8,10-11H2. The largest absolute Gasteiger partial charge is 0.381 e. The van der Waals surface area contributed by atoms with Crippen LogP contribution >= 0.6 is 11.3 Å². The molecule has 6 heteroatoms. The van der Waals surface area contributed by atoms with Gasteiger partial charge in [-0.05, 0) is 12.8 Å². The van der Waals surface area contributed by atoms with Crippen molar-refractivity contribution in [1.29, 1.82) is 0 Å². The summed E-state index contributed by atoms with van der Waals surface area (Å²) in [5.74, 6) is 0.388. The van der Waals surface area contributed by atoms with Gasteiger partial charge < -0.3 is 9.64 Å². The van der Waals surface area contributed by atoms with E-state index in [0.29, 0.717) is 12.5 Å². The number of aromatic nitrogens is 1. The molecular weight excluding hydrogens is 274 g/mol. The van der Waals surface area contributed by atoms with Crippen LogP contribution in [0.1, 0.15) is 17.8 Å². The molecule has 2 saturated heterocycles. The first-order valence-electron chi connectivity index (χ1n) is 7.30. The van der Waals surface area contributed by atoms with Crippen molar-refractivity contribution >= 4 is 17.2 Å². The number of thiazole rings is 1. The predicted molar refractivity (Wildman–Crippen MR) is 77.5 cm³/mol. The van der Waals surface area contributed by atoms with Gasteiger partial charge in [-0.25, -0.2) is 4.98 Å². The molecule has 0 radical (unpaired) electrons. The summed E-state index contributed by atoms with van der Waals surface area (Å²) in [7, 11) is 0. The van der Waals surface area contributed by atoms with E-state index in [9.17, 15) is 4.79 Å². The first-order valence-corrected chi connectivity index (χ1v) is 8.18. The number of hydrogen-bond acceptors (Lipinski definition) is 5. The van der Waals surface area contributed by atoms with Crippen molar-refractivity contribution in [2.45, 2.75) is 19.4 Å². The molecule has 1 unspecified atom stereocenters. The van der Waals surface area contributed by atoms with Crippen LogP contribution in [-0.4, -0.2) is 60.1 Å². The van der Waals surface area contributed by atoms with Gasteiger partial charge in [0.15, 0.2) is 0 Å². The van der Waals surface area contributed by atoms with Crippen molar-refractivity contribution in [3.8, 4) is 0 Å². The lowest BCUT2D eigenvalue weighted by Gasteiger charge is -2.23. The highest BCUT2D eigenvalue weighted by Gasteiger charge is 2.29. The fraction of sp³-hybridized carbons (Fsp3) is 0.714. The smallest absolute Gasteiger partial charge is 0.228 e. The molecule has 2 aliphatic heterocycles. The molecule has 0 aromatic carbocycles. The number of carbonyl (C=O) groups is 1. The van der Waals surface area contributed by atoms with Crippen molar-refractivity contribution in [3.63, 3.8) is 0 Å². The number of amides is 1. The Morgan fingerprint density at radius 1 is 1.40 bits per heavy atom. The highest BCUT2D eigenvalue weighted by molar-refractivity contribution is 7.09. The molecule has 1 aromatic rings. The van der Waals surface area contributed by atoms with E-state index in [0.717, 1.165) is 57.2 Å². The van der Waals surface area contributed by atoms with Crippen molar-refractivity contribution in [2.75, 3.05) is 39.4 Å². The molecule has 0 saturated carbocycles. The zero-order valence-corrected chi connectivity index (χ0v) is 12.5. The van der Waals surface area contributed by atoms with Crippen molar-refractivity contribution < 1.29 is 9.53 Å². The molecule has 3 heterocycles. The van der Waals surface area contributed by atoms with Crippen LogP contribution < -0.4 is 0 Å². The Bertz CT molecular complexity index is 432. The van der Waals surface area contributed by atoms with Crippen LogP contribution in [0.5, 0.6) is 0 Å². The summed E-state index contributed by atoms with van der Waals surface area (Å²) in [5, 5.41) is 3.18. The summed E-state index contributed by atoms with van der Waals surface area (Å²) in [5.41, 5.74) is 0. The van der Waals surface area contributed by atoms with Crippen molar-refractivity contribution in [1.82, 2.24) is 14.8 Å². The summed E-state index contributed by atoms with van der Waals surface area (Å²) >= 11 is 1.70. The number of nitrogens with zero attached hydrogens (tertiary/aromatic N) is 3. The minimum Gasteiger partial charge on any atom is -0.381 e. The summed E-state index contributed by atoms with van der Waals surface area (Å²) in [6, 6.07) is 0. The average molecular weight is 295 g/mol. The van der Waals surface area contributed by atoms with E-state index in [4.69, 9.17) is 4.74 Å². The first kappa shape index (κ1) is 14.0. The lowest BCUT2D eigenvalue weighted by Crippen LogP contribution is -2.39. The number of carbonyl (C=O) groups excluding carboxylic acids is 1. The lowest BCUT2D eigenvalue weighted by molar-refractivity contribution is -0.135. The van der Waals surface area contributed by atoms with Gasteiger partial charge in [-0.2, -0.15) is 0 Å². The molecule has 5 nitrogen and oxygen atoms in total. The summed E-state index contributed by atoms with van der Waals surface area (Å²) in [4.78, 5) is 21.2. The molecule has 0 spiro atoms. The Hall–Kier alpha value is -0.980.